The van der Waals surface area contributed by atoms with Crippen LogP contribution in [0.4, 0.5) is 4.79 Å². The number of nitrogens with one attached hydrogen (secondary N) is 1. The number of hydrogen-bond donors (Lipinski definition) is 1. The van der Waals surface area contributed by atoms with Crippen molar-refractivity contribution in [3.8, 4) is 0 Å². The summed E-state index contributed by atoms with van der Waals surface area (Å²) < 4.78 is 5.59. The Kier molecular flexibility index (Phi) is 9.25. The monoisotopic (exact) mass is 531 g/mol. The van der Waals surface area contributed by atoms with Crippen molar-refractivity contribution in [3.63, 3.8) is 0 Å². The van der Waals surface area contributed by atoms with E-state index in [0.29, 0.717) is 10.8 Å². The van der Waals surface area contributed by atoms with Crippen LogP contribution < -0.4 is 5.32 Å². The molecule has 1 radical (unpaired) electrons. The van der Waals surface area contributed by atoms with Crippen molar-refractivity contribution in [2.24, 2.45) is 46.3 Å². The molecule has 4 aliphatic rings. The first-order valence-electron chi connectivity index (χ1n) is 13.6. The van der Waals surface area contributed by atoms with Gasteiger partial charge in [0.15, 0.2) is 0 Å². The van der Waals surface area contributed by atoms with Gasteiger partial charge in [-0.15, -0.1) is 0 Å². The second-order valence-corrected chi connectivity index (χ2v) is 12.7. The van der Waals surface area contributed by atoms with E-state index in [4.69, 9.17) is 4.74 Å². The summed E-state index contributed by atoms with van der Waals surface area (Å²) in [5.74, 6) is 5.21. The summed E-state index contributed by atoms with van der Waals surface area (Å²) in [5, 5.41) is 2.37. The number of hydrogen-bond acceptors (Lipinski definition) is 2. The normalized spacial score (nSPS) is 40.6. The van der Waals surface area contributed by atoms with Crippen molar-refractivity contribution < 1.29 is 42.2 Å². The summed E-state index contributed by atoms with van der Waals surface area (Å²) in [5.41, 5.74) is 2.44. The molecule has 3 saturated carbocycles. The molecule has 4 heteroatoms. The maximum absolute atomic E-state index is 11.7. The fraction of sp³-hybridized carbons (Fsp3) is 0.862. The van der Waals surface area contributed by atoms with Crippen molar-refractivity contribution in [2.75, 3.05) is 0 Å². The molecule has 33 heavy (non-hydrogen) atoms. The van der Waals surface area contributed by atoms with E-state index in [-0.39, 0.29) is 44.9 Å². The maximum atomic E-state index is 11.7. The zero-order valence-corrected chi connectivity index (χ0v) is 24.8. The predicted molar refractivity (Wildman–Crippen MR) is 132 cm³/mol. The van der Waals surface area contributed by atoms with Gasteiger partial charge in [0.25, 0.3) is 0 Å². The Morgan fingerprint density at radius 1 is 1.12 bits per heavy atom. The van der Waals surface area contributed by atoms with Crippen molar-refractivity contribution in [1.29, 1.82) is 0 Å². The van der Waals surface area contributed by atoms with E-state index in [9.17, 15) is 4.79 Å². The molecule has 1 N–H and O–H groups in total. The molecule has 4 rings (SSSR count). The summed E-state index contributed by atoms with van der Waals surface area (Å²) >= 11 is 0. The van der Waals surface area contributed by atoms with Crippen molar-refractivity contribution >= 4 is 6.09 Å². The predicted octanol–water partition coefficient (Wildman–Crippen LogP) is 7.91. The Balaban J connectivity index is 0.00000306. The SMILES string of the molecule is [CH2-]NC(=O)O[C@H]1CC[C@@]2(C)C(=CC[C@H]3[C@@H]4CC[C@H]([C@H](C)CCCC(C)C)[C@@]4(C)CC[C@@H]32)C1.[Y]. The standard InChI is InChI=1S/C29H48NO2.Y/c1-19(2)8-7-9-20(3)24-12-13-25-23-11-10-21-18-22(32-27(31)30-6)14-16-28(21,4)26(23)15-17-29(24,25)5;/h10,19-20,22-26H,6-9,11-18H2,1-5H3,(H,30,31);/q-1;/t20-,22+,23+,24-,25+,26+,28+,29-;/m1./s1. The van der Waals surface area contributed by atoms with Gasteiger partial charge in [0, 0.05) is 39.1 Å². The first-order chi connectivity index (χ1) is 15.2. The number of allylic oxidation sites excluding steroid dienone is 1. The van der Waals surface area contributed by atoms with Crippen LogP contribution in [0, 0.1) is 53.4 Å². The molecule has 3 nitrogen and oxygen atoms in total. The summed E-state index contributed by atoms with van der Waals surface area (Å²) in [6.45, 7) is 12.5. The van der Waals surface area contributed by atoms with Gasteiger partial charge in [-0.05, 0) is 91.3 Å². The third-order valence-electron chi connectivity index (χ3n) is 10.7. The van der Waals surface area contributed by atoms with Crippen LogP contribution in [-0.4, -0.2) is 12.2 Å². The zero-order chi connectivity index (χ0) is 23.1. The minimum atomic E-state index is -0.388. The fourth-order valence-corrected chi connectivity index (χ4v) is 8.95. The van der Waals surface area contributed by atoms with E-state index in [2.05, 4.69) is 53.1 Å². The maximum Gasteiger partial charge on any atom is 0.377 e. The molecule has 0 aromatic heterocycles. The largest absolute Gasteiger partial charge is 0.473 e. The van der Waals surface area contributed by atoms with E-state index in [1.807, 2.05) is 0 Å². The Hall–Kier alpha value is 0.114. The molecule has 8 atom stereocenters. The topological polar surface area (TPSA) is 38.3 Å². The van der Waals surface area contributed by atoms with E-state index in [1.165, 1.54) is 51.4 Å². The second-order valence-electron chi connectivity index (χ2n) is 12.7. The summed E-state index contributed by atoms with van der Waals surface area (Å²) in [6.07, 6.45) is 16.4. The van der Waals surface area contributed by atoms with Crippen LogP contribution in [0.3, 0.4) is 0 Å². The van der Waals surface area contributed by atoms with E-state index in [1.54, 1.807) is 5.57 Å². The second kappa shape index (κ2) is 11.0. The number of amides is 1. The van der Waals surface area contributed by atoms with Gasteiger partial charge in [-0.25, -0.2) is 4.79 Å². The first-order valence-corrected chi connectivity index (χ1v) is 13.6. The van der Waals surface area contributed by atoms with Gasteiger partial charge in [0.2, 0.25) is 0 Å². The van der Waals surface area contributed by atoms with Crippen LogP contribution in [0.2, 0.25) is 0 Å². The molecule has 0 heterocycles. The molecular weight excluding hydrogens is 483 g/mol. The molecule has 0 aromatic rings. The fourth-order valence-electron chi connectivity index (χ4n) is 8.95. The van der Waals surface area contributed by atoms with Crippen LogP contribution in [-0.2, 0) is 37.4 Å². The molecule has 1 amide bonds. The van der Waals surface area contributed by atoms with Gasteiger partial charge in [0.1, 0.15) is 6.10 Å². The number of carbonyl (C=O) groups is 1. The van der Waals surface area contributed by atoms with Crippen molar-refractivity contribution in [1.82, 2.24) is 5.32 Å². The Labute approximate surface area is 228 Å². The average molecular weight is 532 g/mol. The minimum Gasteiger partial charge on any atom is -0.473 e. The molecule has 0 unspecified atom stereocenters. The molecule has 185 valence electrons. The molecule has 0 saturated heterocycles. The number of carbonyl (C=O) groups excluding carboxylic acids is 1. The number of ether oxygens (including phenoxy) is 1. The third kappa shape index (κ3) is 5.30. The van der Waals surface area contributed by atoms with Crippen LogP contribution in [0.5, 0.6) is 0 Å². The zero-order valence-electron chi connectivity index (χ0n) is 22.0. The molecular formula is C29H48NO2Y-. The summed E-state index contributed by atoms with van der Waals surface area (Å²) in [6, 6.07) is 0. The van der Waals surface area contributed by atoms with Gasteiger partial charge in [-0.3, -0.25) is 7.05 Å². The Bertz CT molecular complexity index is 720. The van der Waals surface area contributed by atoms with Crippen LogP contribution in [0.1, 0.15) is 105 Å². The first kappa shape index (κ1) is 27.7. The van der Waals surface area contributed by atoms with E-state index in [0.717, 1.165) is 54.8 Å². The van der Waals surface area contributed by atoms with Crippen LogP contribution >= 0.6 is 0 Å². The summed E-state index contributed by atoms with van der Waals surface area (Å²) in [4.78, 5) is 11.7. The smallest absolute Gasteiger partial charge is 0.377 e. The molecule has 4 aliphatic carbocycles. The van der Waals surface area contributed by atoms with Crippen LogP contribution in [0.15, 0.2) is 11.6 Å². The third-order valence-corrected chi connectivity index (χ3v) is 10.7. The summed E-state index contributed by atoms with van der Waals surface area (Å²) in [7, 11) is 3.44. The number of alkyl carbamates (subject to hydrolysis) is 1. The van der Waals surface area contributed by atoms with Gasteiger partial charge in [-0.2, -0.15) is 0 Å². The molecule has 0 bridgehead atoms. The average Bonchev–Trinajstić information content (AvgIpc) is 3.11. The van der Waals surface area contributed by atoms with Crippen LogP contribution in [0.25, 0.3) is 0 Å². The van der Waals surface area contributed by atoms with E-state index >= 15 is 0 Å². The van der Waals surface area contributed by atoms with Gasteiger partial charge in [-0.1, -0.05) is 65.5 Å². The Morgan fingerprint density at radius 3 is 2.58 bits per heavy atom. The minimum absolute atomic E-state index is 0. The Morgan fingerprint density at radius 2 is 1.88 bits per heavy atom. The van der Waals surface area contributed by atoms with Gasteiger partial charge in [0.05, 0.1) is 0 Å². The van der Waals surface area contributed by atoms with Gasteiger partial charge >= 0.3 is 6.09 Å². The number of fused-ring (bicyclic) bond motifs is 5. The molecule has 0 spiro atoms. The molecule has 0 aliphatic heterocycles. The van der Waals surface area contributed by atoms with Gasteiger partial charge < -0.3 is 10.1 Å². The van der Waals surface area contributed by atoms with E-state index < -0.39 is 0 Å². The quantitative estimate of drug-likeness (QED) is 0.279. The molecule has 3 fully saturated rings. The number of rotatable bonds is 6. The van der Waals surface area contributed by atoms with Crippen molar-refractivity contribution in [3.05, 3.63) is 18.7 Å². The van der Waals surface area contributed by atoms with Crippen molar-refractivity contribution in [2.45, 2.75) is 111 Å². The molecule has 0 aromatic carbocycles.